The fourth-order valence-corrected chi connectivity index (χ4v) is 3.77. The number of rotatable bonds is 5. The van der Waals surface area contributed by atoms with Crippen molar-refractivity contribution in [3.05, 3.63) is 23.8 Å². The first-order valence-corrected chi connectivity index (χ1v) is 8.41. The van der Waals surface area contributed by atoms with Crippen LogP contribution in [0.15, 0.2) is 23.1 Å². The first kappa shape index (κ1) is 15.9. The first-order chi connectivity index (χ1) is 9.89. The maximum absolute atomic E-state index is 12.3. The lowest BCUT2D eigenvalue weighted by molar-refractivity contribution is -0.116. The van der Waals surface area contributed by atoms with Crippen LogP contribution in [-0.4, -0.2) is 38.6 Å². The number of nitrogens with one attached hydrogen (secondary N) is 1. The summed E-state index contributed by atoms with van der Waals surface area (Å²) in [7, 11) is -3.66. The van der Waals surface area contributed by atoms with Crippen LogP contribution in [0, 0.1) is 0 Å². The number of fused-ring (bicyclic) bond motifs is 1. The fraction of sp³-hybridized carbons (Fsp3) is 0.500. The number of sulfonamides is 1. The van der Waals surface area contributed by atoms with Crippen LogP contribution in [0.1, 0.15) is 25.8 Å². The van der Waals surface area contributed by atoms with Crippen LogP contribution < -0.4 is 9.62 Å². The predicted molar refractivity (Wildman–Crippen MR) is 79.7 cm³/mol. The Bertz CT molecular complexity index is 638. The van der Waals surface area contributed by atoms with Crippen LogP contribution in [-0.2, 0) is 21.2 Å². The number of aliphatic hydroxyl groups excluding tert-OH is 1. The van der Waals surface area contributed by atoms with Crippen molar-refractivity contribution in [3.63, 3.8) is 0 Å². The van der Waals surface area contributed by atoms with Gasteiger partial charge in [-0.3, -0.25) is 4.79 Å². The number of amides is 1. The zero-order valence-electron chi connectivity index (χ0n) is 12.2. The molecule has 116 valence electrons. The Morgan fingerprint density at radius 3 is 2.76 bits per heavy atom. The summed E-state index contributed by atoms with van der Waals surface area (Å²) in [5.74, 6) is -0.0474. The molecule has 1 amide bonds. The topological polar surface area (TPSA) is 86.7 Å². The number of benzene rings is 1. The van der Waals surface area contributed by atoms with Gasteiger partial charge in [0.15, 0.2) is 0 Å². The number of carbonyl (C=O) groups excluding carboxylic acids is 1. The molecule has 0 saturated carbocycles. The van der Waals surface area contributed by atoms with Crippen LogP contribution in [0.25, 0.3) is 0 Å². The van der Waals surface area contributed by atoms with E-state index in [4.69, 9.17) is 5.11 Å². The smallest absolute Gasteiger partial charge is 0.240 e. The van der Waals surface area contributed by atoms with Crippen molar-refractivity contribution in [2.45, 2.75) is 37.6 Å². The summed E-state index contributed by atoms with van der Waals surface area (Å²) in [6, 6.07) is 4.27. The minimum Gasteiger partial charge on any atom is -0.395 e. The highest BCUT2D eigenvalue weighted by molar-refractivity contribution is 7.89. The highest BCUT2D eigenvalue weighted by atomic mass is 32.2. The highest BCUT2D eigenvalue weighted by Crippen LogP contribution is 2.30. The Morgan fingerprint density at radius 1 is 1.48 bits per heavy atom. The number of aliphatic hydroxyl groups is 1. The molecule has 2 N–H and O–H groups in total. The van der Waals surface area contributed by atoms with Crippen molar-refractivity contribution in [2.24, 2.45) is 0 Å². The van der Waals surface area contributed by atoms with E-state index in [2.05, 4.69) is 4.72 Å². The second-order valence-corrected chi connectivity index (χ2v) is 6.83. The molecule has 21 heavy (non-hydrogen) atoms. The zero-order chi connectivity index (χ0) is 15.6. The quantitative estimate of drug-likeness (QED) is 0.835. The molecule has 0 aliphatic carbocycles. The Kier molecular flexibility index (Phi) is 4.65. The minimum atomic E-state index is -3.66. The molecule has 0 spiro atoms. The second-order valence-electron chi connectivity index (χ2n) is 5.12. The van der Waals surface area contributed by atoms with E-state index in [1.54, 1.807) is 24.0 Å². The van der Waals surface area contributed by atoms with E-state index in [1.165, 1.54) is 13.0 Å². The molecule has 7 heteroatoms. The third kappa shape index (κ3) is 3.25. The lowest BCUT2D eigenvalue weighted by Crippen LogP contribution is -2.36. The van der Waals surface area contributed by atoms with Gasteiger partial charge in [-0.05, 0) is 36.6 Å². The molecule has 1 atom stereocenters. The van der Waals surface area contributed by atoms with E-state index in [-0.39, 0.29) is 17.4 Å². The van der Waals surface area contributed by atoms with E-state index in [1.807, 2.05) is 0 Å². The van der Waals surface area contributed by atoms with Crippen LogP contribution in [0.4, 0.5) is 5.69 Å². The summed E-state index contributed by atoms with van der Waals surface area (Å²) in [6.45, 7) is 3.64. The van der Waals surface area contributed by atoms with Crippen molar-refractivity contribution in [1.29, 1.82) is 0 Å². The van der Waals surface area contributed by atoms with E-state index >= 15 is 0 Å². The summed E-state index contributed by atoms with van der Waals surface area (Å²) >= 11 is 0. The molecule has 0 saturated heterocycles. The molecule has 0 aromatic heterocycles. The zero-order valence-corrected chi connectivity index (χ0v) is 13.0. The Labute approximate surface area is 124 Å². The van der Waals surface area contributed by atoms with Crippen LogP contribution >= 0.6 is 0 Å². The lowest BCUT2D eigenvalue weighted by Gasteiger charge is -2.16. The molecule has 2 rings (SSSR count). The first-order valence-electron chi connectivity index (χ1n) is 6.93. The van der Waals surface area contributed by atoms with Crippen molar-refractivity contribution < 1.29 is 18.3 Å². The van der Waals surface area contributed by atoms with Gasteiger partial charge in [-0.15, -0.1) is 0 Å². The van der Waals surface area contributed by atoms with E-state index in [0.29, 0.717) is 19.4 Å². The molecular formula is C14H20N2O4S. The minimum absolute atomic E-state index is 0.0474. The molecule has 1 aromatic carbocycles. The van der Waals surface area contributed by atoms with Crippen molar-refractivity contribution in [3.8, 4) is 0 Å². The normalized spacial score (nSPS) is 15.9. The number of hydrogen-bond donors (Lipinski definition) is 2. The van der Waals surface area contributed by atoms with Gasteiger partial charge in [0, 0.05) is 25.2 Å². The second kappa shape index (κ2) is 6.13. The summed E-state index contributed by atoms with van der Waals surface area (Å²) in [5, 5.41) is 9.12. The van der Waals surface area contributed by atoms with Crippen molar-refractivity contribution in [2.75, 3.05) is 18.1 Å². The van der Waals surface area contributed by atoms with Crippen LogP contribution in [0.2, 0.25) is 0 Å². The maximum Gasteiger partial charge on any atom is 0.240 e. The Morgan fingerprint density at radius 2 is 2.19 bits per heavy atom. The van der Waals surface area contributed by atoms with Gasteiger partial charge in [-0.1, -0.05) is 6.92 Å². The van der Waals surface area contributed by atoms with Gasteiger partial charge in [0.05, 0.1) is 11.5 Å². The molecule has 0 radical (unpaired) electrons. The third-order valence-corrected chi connectivity index (χ3v) is 5.19. The van der Waals surface area contributed by atoms with Gasteiger partial charge in [-0.25, -0.2) is 13.1 Å². The summed E-state index contributed by atoms with van der Waals surface area (Å²) in [4.78, 5) is 13.3. The van der Waals surface area contributed by atoms with Gasteiger partial charge >= 0.3 is 0 Å². The average Bonchev–Trinajstić information content (AvgIpc) is 2.87. The van der Waals surface area contributed by atoms with Crippen LogP contribution in [0.3, 0.4) is 0 Å². The van der Waals surface area contributed by atoms with Gasteiger partial charge in [0.2, 0.25) is 15.9 Å². The monoisotopic (exact) mass is 312 g/mol. The average molecular weight is 312 g/mol. The van der Waals surface area contributed by atoms with Gasteiger partial charge < -0.3 is 10.0 Å². The molecule has 6 nitrogen and oxygen atoms in total. The van der Waals surface area contributed by atoms with Crippen LogP contribution in [0.5, 0.6) is 0 Å². The number of hydrogen-bond acceptors (Lipinski definition) is 4. The number of carbonyl (C=O) groups is 1. The van der Waals surface area contributed by atoms with Crippen molar-refractivity contribution in [1.82, 2.24) is 4.72 Å². The molecule has 1 aliphatic heterocycles. The van der Waals surface area contributed by atoms with Gasteiger partial charge in [0.1, 0.15) is 0 Å². The molecule has 0 unspecified atom stereocenters. The molecule has 0 fully saturated rings. The lowest BCUT2D eigenvalue weighted by atomic mass is 10.2. The summed E-state index contributed by atoms with van der Waals surface area (Å²) < 4.78 is 27.0. The Hall–Kier alpha value is -1.44. The van der Waals surface area contributed by atoms with E-state index in [9.17, 15) is 13.2 Å². The van der Waals surface area contributed by atoms with Gasteiger partial charge in [0.25, 0.3) is 0 Å². The van der Waals surface area contributed by atoms with Crippen molar-refractivity contribution >= 4 is 21.6 Å². The Balaban J connectivity index is 2.29. The largest absolute Gasteiger partial charge is 0.395 e. The fourth-order valence-electron chi connectivity index (χ4n) is 2.41. The van der Waals surface area contributed by atoms with E-state index in [0.717, 1.165) is 11.3 Å². The third-order valence-electron chi connectivity index (χ3n) is 3.67. The standard InChI is InChI=1S/C14H20N2O4S/c1-3-12(9-17)15-21(19,20)13-4-5-14-11(8-13)6-7-16(14)10(2)18/h4-5,8,12,15,17H,3,6-7,9H2,1-2H3/t12-/m0/s1. The van der Waals surface area contributed by atoms with Gasteiger partial charge in [-0.2, -0.15) is 0 Å². The SMILES string of the molecule is CC[C@@H](CO)NS(=O)(=O)c1ccc2c(c1)CCN2C(C)=O. The molecule has 1 heterocycles. The highest BCUT2D eigenvalue weighted by Gasteiger charge is 2.25. The number of nitrogens with zero attached hydrogens (tertiary/aromatic N) is 1. The van der Waals surface area contributed by atoms with E-state index < -0.39 is 16.1 Å². The summed E-state index contributed by atoms with van der Waals surface area (Å²) in [5.41, 5.74) is 1.63. The predicted octanol–water partition coefficient (Wildman–Crippen LogP) is 0.645. The number of anilines is 1. The molecule has 1 aromatic rings. The maximum atomic E-state index is 12.3. The molecule has 0 bridgehead atoms. The summed E-state index contributed by atoms with van der Waals surface area (Å²) in [6.07, 6.45) is 1.16. The molecule has 1 aliphatic rings. The molecular weight excluding hydrogens is 292 g/mol.